The minimum Gasteiger partial charge on any atom is -0.329 e. The molecule has 0 saturated heterocycles. The van der Waals surface area contributed by atoms with Gasteiger partial charge in [0.05, 0.1) is 4.92 Å². The topological polar surface area (TPSA) is 102 Å². The maximum Gasteiger partial charge on any atom is 0.321 e. The Morgan fingerprint density at radius 3 is 2.88 bits per heavy atom. The lowest BCUT2D eigenvalue weighted by atomic mass is 10.3. The first-order chi connectivity index (χ1) is 8.04. The zero-order chi connectivity index (χ0) is 12.8. The van der Waals surface area contributed by atoms with Crippen molar-refractivity contribution in [2.75, 3.05) is 25.5 Å². The molecule has 0 aliphatic heterocycles. The van der Waals surface area contributed by atoms with E-state index in [1.54, 1.807) is 13.1 Å². The molecular weight excluding hydrogens is 224 g/mol. The van der Waals surface area contributed by atoms with Crippen LogP contribution in [0.4, 0.5) is 16.2 Å². The molecule has 2 amide bonds. The molecule has 0 saturated carbocycles. The SMILES string of the molecule is CN(CCN)C(=O)Nc1cccc([N+](=O)[O-])c1. The largest absolute Gasteiger partial charge is 0.329 e. The Labute approximate surface area is 98.4 Å². The maximum absolute atomic E-state index is 11.6. The Balaban J connectivity index is 2.71. The predicted molar refractivity (Wildman–Crippen MR) is 63.8 cm³/mol. The smallest absolute Gasteiger partial charge is 0.321 e. The zero-order valence-corrected chi connectivity index (χ0v) is 9.42. The summed E-state index contributed by atoms with van der Waals surface area (Å²) in [7, 11) is 1.60. The number of likely N-dealkylation sites (N-methyl/N-ethyl adjacent to an activating group) is 1. The van der Waals surface area contributed by atoms with Crippen LogP contribution in [0.1, 0.15) is 0 Å². The molecule has 1 rings (SSSR count). The van der Waals surface area contributed by atoms with E-state index in [1.807, 2.05) is 0 Å². The summed E-state index contributed by atoms with van der Waals surface area (Å²) < 4.78 is 0. The van der Waals surface area contributed by atoms with E-state index in [0.717, 1.165) is 0 Å². The third-order valence-electron chi connectivity index (χ3n) is 2.12. The van der Waals surface area contributed by atoms with Crippen molar-refractivity contribution in [3.05, 3.63) is 34.4 Å². The maximum atomic E-state index is 11.6. The standard InChI is InChI=1S/C10H14N4O3/c1-13(6-5-11)10(15)12-8-3-2-4-9(7-8)14(16)17/h2-4,7H,5-6,11H2,1H3,(H,12,15). The molecule has 0 bridgehead atoms. The van der Waals surface area contributed by atoms with Crippen molar-refractivity contribution >= 4 is 17.4 Å². The number of amides is 2. The van der Waals surface area contributed by atoms with Gasteiger partial charge in [0, 0.05) is 38.0 Å². The van der Waals surface area contributed by atoms with Crippen LogP contribution < -0.4 is 11.1 Å². The molecule has 1 aromatic carbocycles. The van der Waals surface area contributed by atoms with Gasteiger partial charge in [-0.1, -0.05) is 6.07 Å². The summed E-state index contributed by atoms with van der Waals surface area (Å²) in [5.74, 6) is 0. The Bertz CT molecular complexity index is 422. The first-order valence-corrected chi connectivity index (χ1v) is 5.01. The average molecular weight is 238 g/mol. The Kier molecular flexibility index (Phi) is 4.41. The summed E-state index contributed by atoms with van der Waals surface area (Å²) in [4.78, 5) is 23.0. The summed E-state index contributed by atoms with van der Waals surface area (Å²) in [6.45, 7) is 0.777. The summed E-state index contributed by atoms with van der Waals surface area (Å²) in [5.41, 5.74) is 5.63. The van der Waals surface area contributed by atoms with Crippen molar-refractivity contribution in [1.82, 2.24) is 4.90 Å². The van der Waals surface area contributed by atoms with Crippen LogP contribution in [0.3, 0.4) is 0 Å². The zero-order valence-electron chi connectivity index (χ0n) is 9.42. The molecule has 0 heterocycles. The van der Waals surface area contributed by atoms with Crippen molar-refractivity contribution in [2.45, 2.75) is 0 Å². The normalized spacial score (nSPS) is 9.76. The molecule has 3 N–H and O–H groups in total. The molecule has 7 heteroatoms. The van der Waals surface area contributed by atoms with E-state index in [9.17, 15) is 14.9 Å². The highest BCUT2D eigenvalue weighted by Gasteiger charge is 2.10. The molecule has 0 fully saturated rings. The molecule has 0 aromatic heterocycles. The number of hydrogen-bond acceptors (Lipinski definition) is 4. The van der Waals surface area contributed by atoms with Crippen LogP contribution in [0.5, 0.6) is 0 Å². The second-order valence-corrected chi connectivity index (χ2v) is 3.45. The summed E-state index contributed by atoms with van der Waals surface area (Å²) in [6.07, 6.45) is 0. The number of benzene rings is 1. The molecule has 0 atom stereocenters. The molecule has 0 aliphatic rings. The van der Waals surface area contributed by atoms with Crippen LogP contribution in [0.15, 0.2) is 24.3 Å². The van der Waals surface area contributed by atoms with E-state index in [-0.39, 0.29) is 11.7 Å². The molecular formula is C10H14N4O3. The van der Waals surface area contributed by atoms with Gasteiger partial charge in [0.25, 0.3) is 5.69 Å². The number of carbonyl (C=O) groups is 1. The van der Waals surface area contributed by atoms with Gasteiger partial charge in [0.1, 0.15) is 0 Å². The van der Waals surface area contributed by atoms with E-state index in [4.69, 9.17) is 5.73 Å². The van der Waals surface area contributed by atoms with Gasteiger partial charge in [0.2, 0.25) is 0 Å². The number of hydrogen-bond donors (Lipinski definition) is 2. The van der Waals surface area contributed by atoms with Crippen LogP contribution in [0.25, 0.3) is 0 Å². The van der Waals surface area contributed by atoms with Crippen molar-refractivity contribution in [2.24, 2.45) is 5.73 Å². The van der Waals surface area contributed by atoms with Gasteiger partial charge < -0.3 is 16.0 Å². The number of non-ortho nitro benzene ring substituents is 1. The number of anilines is 1. The van der Waals surface area contributed by atoms with Crippen molar-refractivity contribution in [3.8, 4) is 0 Å². The van der Waals surface area contributed by atoms with E-state index >= 15 is 0 Å². The van der Waals surface area contributed by atoms with Gasteiger partial charge in [-0.25, -0.2) is 4.79 Å². The number of nitro groups is 1. The lowest BCUT2D eigenvalue weighted by molar-refractivity contribution is -0.384. The van der Waals surface area contributed by atoms with Crippen LogP contribution in [-0.4, -0.2) is 36.0 Å². The summed E-state index contributed by atoms with van der Waals surface area (Å²) in [6, 6.07) is 5.40. The van der Waals surface area contributed by atoms with E-state index in [0.29, 0.717) is 18.8 Å². The fraction of sp³-hybridized carbons (Fsp3) is 0.300. The van der Waals surface area contributed by atoms with E-state index in [2.05, 4.69) is 5.32 Å². The minimum absolute atomic E-state index is 0.0655. The highest BCUT2D eigenvalue weighted by Crippen LogP contribution is 2.17. The molecule has 0 spiro atoms. The quantitative estimate of drug-likeness (QED) is 0.603. The van der Waals surface area contributed by atoms with Crippen LogP contribution in [0.2, 0.25) is 0 Å². The van der Waals surface area contributed by atoms with Gasteiger partial charge in [0.15, 0.2) is 0 Å². The first-order valence-electron chi connectivity index (χ1n) is 5.01. The number of nitro benzene ring substituents is 1. The molecule has 17 heavy (non-hydrogen) atoms. The van der Waals surface area contributed by atoms with Crippen molar-refractivity contribution in [3.63, 3.8) is 0 Å². The molecule has 0 aliphatic carbocycles. The first kappa shape index (κ1) is 12.9. The van der Waals surface area contributed by atoms with Gasteiger partial charge in [-0.05, 0) is 6.07 Å². The fourth-order valence-electron chi connectivity index (χ4n) is 1.21. The number of nitrogens with one attached hydrogen (secondary N) is 1. The van der Waals surface area contributed by atoms with Crippen molar-refractivity contribution < 1.29 is 9.72 Å². The molecule has 0 radical (unpaired) electrons. The monoisotopic (exact) mass is 238 g/mol. The van der Waals surface area contributed by atoms with E-state index in [1.165, 1.54) is 23.1 Å². The lowest BCUT2D eigenvalue weighted by Gasteiger charge is -2.16. The number of carbonyl (C=O) groups excluding carboxylic acids is 1. The minimum atomic E-state index is -0.515. The molecule has 7 nitrogen and oxygen atoms in total. The highest BCUT2D eigenvalue weighted by molar-refractivity contribution is 5.89. The Morgan fingerprint density at radius 1 is 1.59 bits per heavy atom. The number of nitrogens with two attached hydrogens (primary N) is 1. The van der Waals surface area contributed by atoms with Crippen LogP contribution in [0, 0.1) is 10.1 Å². The third-order valence-corrected chi connectivity index (χ3v) is 2.12. The fourth-order valence-corrected chi connectivity index (χ4v) is 1.21. The second-order valence-electron chi connectivity index (χ2n) is 3.45. The number of rotatable bonds is 4. The van der Waals surface area contributed by atoms with Gasteiger partial charge >= 0.3 is 6.03 Å². The molecule has 1 aromatic rings. The molecule has 0 unspecified atom stereocenters. The molecule has 92 valence electrons. The average Bonchev–Trinajstić information content (AvgIpc) is 2.29. The summed E-state index contributed by atoms with van der Waals surface area (Å²) in [5, 5.41) is 13.1. The predicted octanol–water partition coefficient (Wildman–Crippen LogP) is 1.02. The third kappa shape index (κ3) is 3.72. The lowest BCUT2D eigenvalue weighted by Crippen LogP contribution is -2.35. The Morgan fingerprint density at radius 2 is 2.29 bits per heavy atom. The van der Waals surface area contributed by atoms with Crippen LogP contribution in [-0.2, 0) is 0 Å². The highest BCUT2D eigenvalue weighted by atomic mass is 16.6. The second kappa shape index (κ2) is 5.80. The van der Waals surface area contributed by atoms with Crippen LogP contribution >= 0.6 is 0 Å². The van der Waals surface area contributed by atoms with Gasteiger partial charge in [-0.15, -0.1) is 0 Å². The Hall–Kier alpha value is -2.15. The van der Waals surface area contributed by atoms with Crippen molar-refractivity contribution in [1.29, 1.82) is 0 Å². The van der Waals surface area contributed by atoms with E-state index < -0.39 is 4.92 Å². The number of urea groups is 1. The summed E-state index contributed by atoms with van der Waals surface area (Å²) >= 11 is 0. The number of nitrogens with zero attached hydrogens (tertiary/aromatic N) is 2. The van der Waals surface area contributed by atoms with Gasteiger partial charge in [-0.3, -0.25) is 10.1 Å². The van der Waals surface area contributed by atoms with Gasteiger partial charge in [-0.2, -0.15) is 0 Å².